The van der Waals surface area contributed by atoms with E-state index < -0.39 is 0 Å². The van der Waals surface area contributed by atoms with Gasteiger partial charge in [-0.1, -0.05) is 23.8 Å². The lowest BCUT2D eigenvalue weighted by atomic mass is 10.1. The monoisotopic (exact) mass is 173 g/mol. The first-order chi connectivity index (χ1) is 6.20. The smallest absolute Gasteiger partial charge is 0.0658 e. The minimum atomic E-state index is 1.04. The number of pyridine rings is 1. The minimum absolute atomic E-state index is 1.04. The largest absolute Gasteiger partial charge is 0.257 e. The fourth-order valence-corrected chi connectivity index (χ4v) is 0.973. The molecule has 0 aliphatic rings. The third-order valence-electron chi connectivity index (χ3n) is 1.74. The Hall–Kier alpha value is -1.37. The van der Waals surface area contributed by atoms with Crippen LogP contribution < -0.4 is 0 Å². The Morgan fingerprint density at radius 3 is 2.46 bits per heavy atom. The summed E-state index contributed by atoms with van der Waals surface area (Å²) in [6, 6.07) is 5.95. The van der Waals surface area contributed by atoms with Crippen molar-refractivity contribution in [3.05, 3.63) is 47.8 Å². The molecular formula is C12H15N. The van der Waals surface area contributed by atoms with Crippen LogP contribution in [0, 0.1) is 0 Å². The van der Waals surface area contributed by atoms with Crippen LogP contribution in [-0.2, 0) is 0 Å². The van der Waals surface area contributed by atoms with Crippen molar-refractivity contribution in [3.8, 4) is 0 Å². The topological polar surface area (TPSA) is 12.9 Å². The molecule has 0 saturated carbocycles. The molecular weight excluding hydrogens is 158 g/mol. The van der Waals surface area contributed by atoms with E-state index in [1.54, 1.807) is 0 Å². The summed E-state index contributed by atoms with van der Waals surface area (Å²) in [6.07, 6.45) is 6.01. The molecule has 0 N–H and O–H groups in total. The quantitative estimate of drug-likeness (QED) is 0.624. The van der Waals surface area contributed by atoms with Crippen LogP contribution in [0.25, 0.3) is 5.57 Å². The van der Waals surface area contributed by atoms with Gasteiger partial charge in [0, 0.05) is 6.20 Å². The second-order valence-corrected chi connectivity index (χ2v) is 3.31. The molecule has 0 radical (unpaired) electrons. The molecule has 1 heteroatoms. The fraction of sp³-hybridized carbons (Fsp3) is 0.250. The lowest BCUT2D eigenvalue weighted by molar-refractivity contribution is 1.27. The Kier molecular flexibility index (Phi) is 3.44. The maximum absolute atomic E-state index is 4.26. The molecule has 0 fully saturated rings. The van der Waals surface area contributed by atoms with Gasteiger partial charge in [-0.15, -0.1) is 0 Å². The Bertz CT molecular complexity index is 316. The van der Waals surface area contributed by atoms with Gasteiger partial charge in [0.05, 0.1) is 5.69 Å². The first-order valence-corrected chi connectivity index (χ1v) is 4.43. The molecule has 1 rings (SSSR count). The first kappa shape index (κ1) is 9.72. The molecule has 0 atom stereocenters. The number of rotatable bonds is 2. The molecule has 0 bridgehead atoms. The van der Waals surface area contributed by atoms with Crippen molar-refractivity contribution in [3.63, 3.8) is 0 Å². The zero-order valence-corrected chi connectivity index (χ0v) is 8.41. The van der Waals surface area contributed by atoms with Crippen molar-refractivity contribution in [2.75, 3.05) is 0 Å². The molecule has 0 aromatic carbocycles. The second-order valence-electron chi connectivity index (χ2n) is 3.31. The Morgan fingerprint density at radius 2 is 1.92 bits per heavy atom. The van der Waals surface area contributed by atoms with E-state index in [9.17, 15) is 0 Å². The van der Waals surface area contributed by atoms with Crippen LogP contribution in [-0.4, -0.2) is 4.98 Å². The summed E-state index contributed by atoms with van der Waals surface area (Å²) in [4.78, 5) is 4.26. The molecule has 0 unspecified atom stereocenters. The van der Waals surface area contributed by atoms with E-state index in [0.29, 0.717) is 0 Å². The predicted octanol–water partition coefficient (Wildman–Crippen LogP) is 3.45. The lowest BCUT2D eigenvalue weighted by Gasteiger charge is -1.97. The van der Waals surface area contributed by atoms with E-state index in [1.807, 2.05) is 24.4 Å². The Labute approximate surface area is 79.8 Å². The first-order valence-electron chi connectivity index (χ1n) is 4.43. The van der Waals surface area contributed by atoms with E-state index in [4.69, 9.17) is 0 Å². The third kappa shape index (κ3) is 3.24. The summed E-state index contributed by atoms with van der Waals surface area (Å²) in [5.41, 5.74) is 3.54. The standard InChI is InChI=1S/C12H15N/c1-10(2)7-8-11(3)12-6-4-5-9-13-12/h4-9H,1-3H3/b11-8+. The zero-order chi connectivity index (χ0) is 9.68. The molecule has 0 spiro atoms. The molecule has 0 amide bonds. The maximum Gasteiger partial charge on any atom is 0.0658 e. The van der Waals surface area contributed by atoms with Gasteiger partial charge >= 0.3 is 0 Å². The van der Waals surface area contributed by atoms with Crippen molar-refractivity contribution >= 4 is 5.57 Å². The van der Waals surface area contributed by atoms with Gasteiger partial charge in [0.2, 0.25) is 0 Å². The van der Waals surface area contributed by atoms with Gasteiger partial charge in [0.15, 0.2) is 0 Å². The van der Waals surface area contributed by atoms with E-state index in [2.05, 4.69) is 37.9 Å². The predicted molar refractivity (Wildman–Crippen MR) is 57.3 cm³/mol. The van der Waals surface area contributed by atoms with E-state index in [1.165, 1.54) is 11.1 Å². The van der Waals surface area contributed by atoms with Crippen LogP contribution in [0.5, 0.6) is 0 Å². The molecule has 0 aliphatic carbocycles. The summed E-state index contributed by atoms with van der Waals surface area (Å²) >= 11 is 0. The van der Waals surface area contributed by atoms with Crippen molar-refractivity contribution in [2.45, 2.75) is 20.8 Å². The normalized spacial score (nSPS) is 11.2. The van der Waals surface area contributed by atoms with Crippen molar-refractivity contribution in [1.29, 1.82) is 0 Å². The van der Waals surface area contributed by atoms with Gasteiger partial charge in [0.25, 0.3) is 0 Å². The number of nitrogens with zero attached hydrogens (tertiary/aromatic N) is 1. The molecule has 1 nitrogen and oxygen atoms in total. The number of hydrogen-bond donors (Lipinski definition) is 0. The van der Waals surface area contributed by atoms with Crippen LogP contribution >= 0.6 is 0 Å². The molecule has 1 aromatic rings. The van der Waals surface area contributed by atoms with Gasteiger partial charge in [-0.3, -0.25) is 4.98 Å². The molecule has 68 valence electrons. The van der Waals surface area contributed by atoms with Crippen LogP contribution in [0.4, 0.5) is 0 Å². The molecule has 0 aliphatic heterocycles. The zero-order valence-electron chi connectivity index (χ0n) is 8.41. The number of hydrogen-bond acceptors (Lipinski definition) is 1. The number of aromatic nitrogens is 1. The van der Waals surface area contributed by atoms with Gasteiger partial charge in [-0.25, -0.2) is 0 Å². The number of allylic oxidation sites excluding steroid dienone is 4. The lowest BCUT2D eigenvalue weighted by Crippen LogP contribution is -1.82. The fourth-order valence-electron chi connectivity index (χ4n) is 0.973. The highest BCUT2D eigenvalue weighted by Gasteiger charge is 1.92. The summed E-state index contributed by atoms with van der Waals surface area (Å²) in [5, 5.41) is 0. The molecule has 13 heavy (non-hydrogen) atoms. The van der Waals surface area contributed by atoms with Crippen LogP contribution in [0.15, 0.2) is 42.1 Å². The van der Waals surface area contributed by atoms with E-state index in [0.717, 1.165) is 5.69 Å². The molecule has 1 heterocycles. The minimum Gasteiger partial charge on any atom is -0.257 e. The van der Waals surface area contributed by atoms with Gasteiger partial charge in [-0.2, -0.15) is 0 Å². The van der Waals surface area contributed by atoms with Crippen molar-refractivity contribution < 1.29 is 0 Å². The third-order valence-corrected chi connectivity index (χ3v) is 1.74. The van der Waals surface area contributed by atoms with Gasteiger partial charge in [-0.05, 0) is 38.5 Å². The van der Waals surface area contributed by atoms with E-state index in [-0.39, 0.29) is 0 Å². The van der Waals surface area contributed by atoms with Gasteiger partial charge < -0.3 is 0 Å². The summed E-state index contributed by atoms with van der Waals surface area (Å²) in [6.45, 7) is 6.24. The Balaban J connectivity index is 2.86. The highest BCUT2D eigenvalue weighted by molar-refractivity contribution is 5.61. The van der Waals surface area contributed by atoms with Crippen LogP contribution in [0.1, 0.15) is 26.5 Å². The average Bonchev–Trinajstić information content (AvgIpc) is 2.15. The Morgan fingerprint density at radius 1 is 1.15 bits per heavy atom. The highest BCUT2D eigenvalue weighted by atomic mass is 14.7. The van der Waals surface area contributed by atoms with E-state index >= 15 is 0 Å². The highest BCUT2D eigenvalue weighted by Crippen LogP contribution is 2.09. The van der Waals surface area contributed by atoms with Crippen molar-refractivity contribution in [2.24, 2.45) is 0 Å². The second kappa shape index (κ2) is 4.61. The maximum atomic E-state index is 4.26. The summed E-state index contributed by atoms with van der Waals surface area (Å²) in [7, 11) is 0. The SMILES string of the molecule is CC(C)=C/C=C(\C)c1ccccn1. The average molecular weight is 173 g/mol. The van der Waals surface area contributed by atoms with Crippen LogP contribution in [0.3, 0.4) is 0 Å². The van der Waals surface area contributed by atoms with Crippen molar-refractivity contribution in [1.82, 2.24) is 4.98 Å². The summed E-state index contributed by atoms with van der Waals surface area (Å²) in [5.74, 6) is 0. The molecule has 0 saturated heterocycles. The van der Waals surface area contributed by atoms with Crippen LogP contribution in [0.2, 0.25) is 0 Å². The van der Waals surface area contributed by atoms with Gasteiger partial charge in [0.1, 0.15) is 0 Å². The summed E-state index contributed by atoms with van der Waals surface area (Å²) < 4.78 is 0. The molecule has 1 aromatic heterocycles.